The van der Waals surface area contributed by atoms with E-state index >= 15 is 0 Å². The molecule has 2 atom stereocenters. The third-order valence-electron chi connectivity index (χ3n) is 4.68. The van der Waals surface area contributed by atoms with Crippen molar-refractivity contribution in [1.29, 1.82) is 0 Å². The summed E-state index contributed by atoms with van der Waals surface area (Å²) in [4.78, 5) is 14.7. The molecule has 1 heterocycles. The molecule has 0 aliphatic carbocycles. The summed E-state index contributed by atoms with van der Waals surface area (Å²) in [6.07, 6.45) is 1.07. The lowest BCUT2D eigenvalue weighted by Gasteiger charge is -2.35. The number of anilines is 1. The summed E-state index contributed by atoms with van der Waals surface area (Å²) in [6, 6.07) is 11.1. The number of benzene rings is 2. The van der Waals surface area contributed by atoms with Crippen LogP contribution in [0.2, 0.25) is 0 Å². The van der Waals surface area contributed by atoms with Crippen LogP contribution < -0.4 is 4.72 Å². The van der Waals surface area contributed by atoms with E-state index in [0.29, 0.717) is 30.5 Å². The minimum absolute atomic E-state index is 0.0635. The molecule has 1 fully saturated rings. The van der Waals surface area contributed by atoms with E-state index in [-0.39, 0.29) is 16.5 Å². The Morgan fingerprint density at radius 3 is 2.26 bits per heavy atom. The summed E-state index contributed by atoms with van der Waals surface area (Å²) in [5, 5.41) is 0. The van der Waals surface area contributed by atoms with Crippen LogP contribution in [0.4, 0.5) is 10.1 Å². The Kier molecular flexibility index (Phi) is 5.51. The van der Waals surface area contributed by atoms with Gasteiger partial charge in [-0.25, -0.2) is 12.8 Å². The molecule has 1 aliphatic rings. The van der Waals surface area contributed by atoms with E-state index in [1.807, 2.05) is 0 Å². The van der Waals surface area contributed by atoms with Gasteiger partial charge in [0.05, 0.1) is 16.1 Å². The van der Waals surface area contributed by atoms with Crippen molar-refractivity contribution >= 4 is 21.6 Å². The fraction of sp³-hybridized carbons (Fsp3) is 0.350. The van der Waals surface area contributed by atoms with E-state index in [2.05, 4.69) is 18.6 Å². The van der Waals surface area contributed by atoms with Gasteiger partial charge in [-0.05, 0) is 54.7 Å². The number of halogens is 1. The highest BCUT2D eigenvalue weighted by atomic mass is 32.2. The molecule has 144 valence electrons. The number of nitrogens with zero attached hydrogens (tertiary/aromatic N) is 1. The van der Waals surface area contributed by atoms with Crippen LogP contribution in [0.5, 0.6) is 0 Å². The number of hydrogen-bond donors (Lipinski definition) is 1. The van der Waals surface area contributed by atoms with Crippen molar-refractivity contribution < 1.29 is 17.6 Å². The molecule has 1 amide bonds. The van der Waals surface area contributed by atoms with Crippen LogP contribution in [0.1, 0.15) is 30.6 Å². The third-order valence-corrected chi connectivity index (χ3v) is 6.06. The van der Waals surface area contributed by atoms with Gasteiger partial charge in [0.15, 0.2) is 0 Å². The highest BCUT2D eigenvalue weighted by molar-refractivity contribution is 7.92. The van der Waals surface area contributed by atoms with Gasteiger partial charge in [0.2, 0.25) is 0 Å². The van der Waals surface area contributed by atoms with Gasteiger partial charge >= 0.3 is 0 Å². The largest absolute Gasteiger partial charge is 0.338 e. The number of hydrogen-bond acceptors (Lipinski definition) is 3. The van der Waals surface area contributed by atoms with Crippen molar-refractivity contribution in [3.63, 3.8) is 0 Å². The van der Waals surface area contributed by atoms with E-state index in [4.69, 9.17) is 0 Å². The lowest BCUT2D eigenvalue weighted by atomic mass is 9.91. The van der Waals surface area contributed by atoms with Crippen molar-refractivity contribution in [2.45, 2.75) is 25.2 Å². The van der Waals surface area contributed by atoms with E-state index in [0.717, 1.165) is 18.6 Å². The fourth-order valence-electron chi connectivity index (χ4n) is 3.58. The summed E-state index contributed by atoms with van der Waals surface area (Å²) < 4.78 is 40.8. The quantitative estimate of drug-likeness (QED) is 0.865. The van der Waals surface area contributed by atoms with E-state index in [1.54, 1.807) is 29.2 Å². The highest BCUT2D eigenvalue weighted by Crippen LogP contribution is 2.26. The first kappa shape index (κ1) is 19.4. The van der Waals surface area contributed by atoms with E-state index < -0.39 is 15.8 Å². The number of para-hydroxylation sites is 1. The van der Waals surface area contributed by atoms with Gasteiger partial charge in [0.25, 0.3) is 15.9 Å². The second kappa shape index (κ2) is 7.68. The Labute approximate surface area is 159 Å². The monoisotopic (exact) mass is 390 g/mol. The molecule has 1 saturated heterocycles. The maximum atomic E-state index is 13.1. The summed E-state index contributed by atoms with van der Waals surface area (Å²) in [6.45, 7) is 5.53. The zero-order chi connectivity index (χ0) is 19.6. The molecule has 0 aromatic heterocycles. The molecular formula is C20H23FN2O3S. The first-order valence-corrected chi connectivity index (χ1v) is 10.4. The standard InChI is InChI=1S/C20H23FN2O3S/c1-14-11-15(2)13-23(12-14)20(24)18-5-3-4-6-19(18)22-27(25,26)17-9-7-16(21)8-10-17/h3-10,14-15,22H,11-13H2,1-2H3/t14-,15+. The van der Waals surface area contributed by atoms with E-state index in [9.17, 15) is 17.6 Å². The van der Waals surface area contributed by atoms with Gasteiger partial charge < -0.3 is 4.90 Å². The van der Waals surface area contributed by atoms with Crippen molar-refractivity contribution in [2.24, 2.45) is 11.8 Å². The van der Waals surface area contributed by atoms with Gasteiger partial charge in [-0.3, -0.25) is 9.52 Å². The Balaban J connectivity index is 1.88. The fourth-order valence-corrected chi connectivity index (χ4v) is 4.65. The van der Waals surface area contributed by atoms with Gasteiger partial charge in [-0.2, -0.15) is 0 Å². The first-order chi connectivity index (χ1) is 12.8. The van der Waals surface area contributed by atoms with Crippen molar-refractivity contribution in [3.8, 4) is 0 Å². The highest BCUT2D eigenvalue weighted by Gasteiger charge is 2.28. The predicted octanol–water partition coefficient (Wildman–Crippen LogP) is 3.74. The minimum atomic E-state index is -3.93. The molecular weight excluding hydrogens is 367 g/mol. The van der Waals surface area contributed by atoms with Crippen LogP contribution >= 0.6 is 0 Å². The number of piperidine rings is 1. The molecule has 0 saturated carbocycles. The maximum absolute atomic E-state index is 13.1. The van der Waals surface area contributed by atoms with Crippen LogP contribution in [-0.2, 0) is 10.0 Å². The second-order valence-corrected chi connectivity index (χ2v) is 8.94. The van der Waals surface area contributed by atoms with E-state index in [1.165, 1.54) is 12.1 Å². The summed E-state index contributed by atoms with van der Waals surface area (Å²) in [5.41, 5.74) is 0.530. The van der Waals surface area contributed by atoms with Crippen LogP contribution in [0, 0.1) is 17.7 Å². The van der Waals surface area contributed by atoms with Crippen LogP contribution in [0.3, 0.4) is 0 Å². The first-order valence-electron chi connectivity index (χ1n) is 8.93. The summed E-state index contributed by atoms with van der Waals surface area (Å²) in [5.74, 6) is 0.102. The molecule has 0 spiro atoms. The number of amides is 1. The molecule has 3 rings (SSSR count). The number of carbonyl (C=O) groups is 1. The molecule has 7 heteroatoms. The van der Waals surface area contributed by atoms with Gasteiger partial charge in [-0.15, -0.1) is 0 Å². The van der Waals surface area contributed by atoms with Crippen LogP contribution in [0.25, 0.3) is 0 Å². The summed E-state index contributed by atoms with van der Waals surface area (Å²) >= 11 is 0. The molecule has 0 radical (unpaired) electrons. The average molecular weight is 390 g/mol. The molecule has 1 aliphatic heterocycles. The minimum Gasteiger partial charge on any atom is -0.338 e. The predicted molar refractivity (Wildman–Crippen MR) is 102 cm³/mol. The number of likely N-dealkylation sites (tertiary alicyclic amines) is 1. The Morgan fingerprint density at radius 2 is 1.63 bits per heavy atom. The number of carbonyl (C=O) groups excluding carboxylic acids is 1. The average Bonchev–Trinajstić information content (AvgIpc) is 2.61. The Morgan fingerprint density at radius 1 is 1.04 bits per heavy atom. The number of rotatable bonds is 4. The topological polar surface area (TPSA) is 66.5 Å². The molecule has 0 bridgehead atoms. The lowest BCUT2D eigenvalue weighted by molar-refractivity contribution is 0.0624. The van der Waals surface area contributed by atoms with Gasteiger partial charge in [-0.1, -0.05) is 26.0 Å². The van der Waals surface area contributed by atoms with Gasteiger partial charge in [0.1, 0.15) is 5.82 Å². The third kappa shape index (κ3) is 4.47. The molecule has 5 nitrogen and oxygen atoms in total. The number of sulfonamides is 1. The van der Waals surface area contributed by atoms with Gasteiger partial charge in [0, 0.05) is 13.1 Å². The number of nitrogens with one attached hydrogen (secondary N) is 1. The smallest absolute Gasteiger partial charge is 0.261 e. The second-order valence-electron chi connectivity index (χ2n) is 7.26. The molecule has 27 heavy (non-hydrogen) atoms. The maximum Gasteiger partial charge on any atom is 0.261 e. The van der Waals surface area contributed by atoms with Crippen molar-refractivity contribution in [2.75, 3.05) is 17.8 Å². The molecule has 2 aromatic carbocycles. The van der Waals surface area contributed by atoms with Crippen molar-refractivity contribution in [3.05, 3.63) is 59.9 Å². The van der Waals surface area contributed by atoms with Crippen molar-refractivity contribution in [1.82, 2.24) is 4.90 Å². The SMILES string of the molecule is C[C@@H]1C[C@H](C)CN(C(=O)c2ccccc2NS(=O)(=O)c2ccc(F)cc2)C1. The lowest BCUT2D eigenvalue weighted by Crippen LogP contribution is -2.42. The zero-order valence-electron chi connectivity index (χ0n) is 15.4. The molecule has 1 N–H and O–H groups in total. The molecule has 0 unspecified atom stereocenters. The zero-order valence-corrected chi connectivity index (χ0v) is 16.2. The normalized spacial score (nSPS) is 20.3. The van der Waals surface area contributed by atoms with Crippen LogP contribution in [-0.4, -0.2) is 32.3 Å². The Bertz CT molecular complexity index is 918. The van der Waals surface area contributed by atoms with Crippen LogP contribution in [0.15, 0.2) is 53.4 Å². The summed E-state index contributed by atoms with van der Waals surface area (Å²) in [7, 11) is -3.93. The molecule has 2 aromatic rings. The Hall–Kier alpha value is -2.41.